The third kappa shape index (κ3) is 7.69. The van der Waals surface area contributed by atoms with Crippen molar-refractivity contribution >= 4 is 29.1 Å². The molecule has 160 valence electrons. The van der Waals surface area contributed by atoms with E-state index in [1.165, 1.54) is 19.9 Å². The predicted molar refractivity (Wildman–Crippen MR) is 110 cm³/mol. The molecule has 0 bridgehead atoms. The van der Waals surface area contributed by atoms with Gasteiger partial charge < -0.3 is 26.2 Å². The maximum atomic E-state index is 14.5. The number of amides is 3. The van der Waals surface area contributed by atoms with E-state index >= 15 is 0 Å². The molecule has 0 aromatic heterocycles. The highest BCUT2D eigenvalue weighted by molar-refractivity contribution is 5.97. The Hall–Kier alpha value is -2.68. The SMILES string of the molecule is CC(=O)NCCCC[C@H](NC(C)=O)C(=O)Nc1ccc(N2CCNCC2)c(F)c1. The van der Waals surface area contributed by atoms with Crippen molar-refractivity contribution in [2.24, 2.45) is 0 Å². The summed E-state index contributed by atoms with van der Waals surface area (Å²) in [5, 5.41) is 11.2. The Labute approximate surface area is 170 Å². The molecule has 1 aromatic carbocycles. The summed E-state index contributed by atoms with van der Waals surface area (Å²) in [6.07, 6.45) is 1.76. The van der Waals surface area contributed by atoms with Crippen LogP contribution in [0.5, 0.6) is 0 Å². The number of anilines is 2. The van der Waals surface area contributed by atoms with Crippen molar-refractivity contribution < 1.29 is 18.8 Å². The summed E-state index contributed by atoms with van der Waals surface area (Å²) in [4.78, 5) is 36.9. The Morgan fingerprint density at radius 1 is 1.14 bits per heavy atom. The first kappa shape index (κ1) is 22.6. The highest BCUT2D eigenvalue weighted by Crippen LogP contribution is 2.23. The first-order chi connectivity index (χ1) is 13.9. The number of nitrogens with one attached hydrogen (secondary N) is 4. The number of hydrogen-bond donors (Lipinski definition) is 4. The molecular formula is C20H30FN5O3. The molecule has 8 nitrogen and oxygen atoms in total. The predicted octanol–water partition coefficient (Wildman–Crippen LogP) is 0.985. The summed E-state index contributed by atoms with van der Waals surface area (Å²) >= 11 is 0. The van der Waals surface area contributed by atoms with Gasteiger partial charge in [0.2, 0.25) is 17.7 Å². The lowest BCUT2D eigenvalue weighted by molar-refractivity contribution is -0.125. The molecule has 1 atom stereocenters. The third-order valence-corrected chi connectivity index (χ3v) is 4.66. The third-order valence-electron chi connectivity index (χ3n) is 4.66. The van der Waals surface area contributed by atoms with Crippen LogP contribution in [0.3, 0.4) is 0 Å². The Kier molecular flexibility index (Phi) is 8.85. The number of unbranched alkanes of at least 4 members (excludes halogenated alkanes) is 1. The van der Waals surface area contributed by atoms with Gasteiger partial charge in [0.05, 0.1) is 5.69 Å². The lowest BCUT2D eigenvalue weighted by Gasteiger charge is -2.29. The van der Waals surface area contributed by atoms with E-state index in [1.807, 2.05) is 4.90 Å². The molecule has 1 aromatic rings. The minimum atomic E-state index is -0.722. The number of hydrogen-bond acceptors (Lipinski definition) is 5. The first-order valence-corrected chi connectivity index (χ1v) is 9.94. The van der Waals surface area contributed by atoms with Crippen LogP contribution in [0.1, 0.15) is 33.1 Å². The second-order valence-corrected chi connectivity index (χ2v) is 7.12. The first-order valence-electron chi connectivity index (χ1n) is 9.94. The average Bonchev–Trinajstić information content (AvgIpc) is 2.67. The Morgan fingerprint density at radius 3 is 2.48 bits per heavy atom. The maximum absolute atomic E-state index is 14.5. The number of benzene rings is 1. The van der Waals surface area contributed by atoms with Gasteiger partial charge in [-0.15, -0.1) is 0 Å². The van der Waals surface area contributed by atoms with Gasteiger partial charge >= 0.3 is 0 Å². The van der Waals surface area contributed by atoms with Crippen LogP contribution in [-0.4, -0.2) is 56.5 Å². The highest BCUT2D eigenvalue weighted by atomic mass is 19.1. The second kappa shape index (κ2) is 11.4. The maximum Gasteiger partial charge on any atom is 0.246 e. The molecule has 29 heavy (non-hydrogen) atoms. The van der Waals surface area contributed by atoms with E-state index in [2.05, 4.69) is 21.3 Å². The number of carbonyl (C=O) groups excluding carboxylic acids is 3. The Bertz CT molecular complexity index is 722. The van der Waals surface area contributed by atoms with Crippen molar-refractivity contribution in [3.8, 4) is 0 Å². The number of halogens is 1. The molecule has 4 N–H and O–H groups in total. The molecule has 0 unspecified atom stereocenters. The van der Waals surface area contributed by atoms with E-state index in [9.17, 15) is 18.8 Å². The van der Waals surface area contributed by atoms with Crippen molar-refractivity contribution in [1.82, 2.24) is 16.0 Å². The van der Waals surface area contributed by atoms with Crippen LogP contribution in [0.2, 0.25) is 0 Å². The van der Waals surface area contributed by atoms with Gasteiger partial charge in [0.1, 0.15) is 11.9 Å². The topological polar surface area (TPSA) is 103 Å². The fraction of sp³-hybridized carbons (Fsp3) is 0.550. The van der Waals surface area contributed by atoms with Crippen LogP contribution >= 0.6 is 0 Å². The minimum absolute atomic E-state index is 0.104. The number of piperazine rings is 1. The summed E-state index contributed by atoms with van der Waals surface area (Å²) in [5.41, 5.74) is 0.862. The number of carbonyl (C=O) groups is 3. The van der Waals surface area contributed by atoms with Crippen molar-refractivity contribution in [1.29, 1.82) is 0 Å². The molecule has 0 saturated carbocycles. The lowest BCUT2D eigenvalue weighted by Crippen LogP contribution is -2.44. The zero-order chi connectivity index (χ0) is 21.2. The molecule has 0 spiro atoms. The van der Waals surface area contributed by atoms with E-state index < -0.39 is 17.8 Å². The van der Waals surface area contributed by atoms with Crippen molar-refractivity contribution in [3.05, 3.63) is 24.0 Å². The molecule has 0 radical (unpaired) electrons. The molecule has 3 amide bonds. The smallest absolute Gasteiger partial charge is 0.246 e. The number of nitrogens with zero attached hydrogens (tertiary/aromatic N) is 1. The minimum Gasteiger partial charge on any atom is -0.367 e. The molecule has 1 aliphatic heterocycles. The van der Waals surface area contributed by atoms with Gasteiger partial charge in [0, 0.05) is 52.3 Å². The van der Waals surface area contributed by atoms with E-state index in [1.54, 1.807) is 12.1 Å². The fourth-order valence-electron chi connectivity index (χ4n) is 3.23. The van der Waals surface area contributed by atoms with Crippen LogP contribution in [-0.2, 0) is 14.4 Å². The zero-order valence-electron chi connectivity index (χ0n) is 17.0. The largest absolute Gasteiger partial charge is 0.367 e. The molecule has 1 saturated heterocycles. The molecule has 1 heterocycles. The van der Waals surface area contributed by atoms with Crippen LogP contribution < -0.4 is 26.2 Å². The monoisotopic (exact) mass is 407 g/mol. The second-order valence-electron chi connectivity index (χ2n) is 7.12. The van der Waals surface area contributed by atoms with E-state index in [4.69, 9.17) is 0 Å². The Morgan fingerprint density at radius 2 is 1.86 bits per heavy atom. The number of rotatable bonds is 9. The zero-order valence-corrected chi connectivity index (χ0v) is 17.0. The Balaban J connectivity index is 1.93. The van der Waals surface area contributed by atoms with Crippen LogP contribution in [0, 0.1) is 5.82 Å². The van der Waals surface area contributed by atoms with Gasteiger partial charge in [-0.05, 0) is 37.5 Å². The molecule has 2 rings (SSSR count). The van der Waals surface area contributed by atoms with Crippen molar-refractivity contribution in [2.45, 2.75) is 39.2 Å². The van der Waals surface area contributed by atoms with E-state index in [0.29, 0.717) is 37.2 Å². The quantitative estimate of drug-likeness (QED) is 0.457. The lowest BCUT2D eigenvalue weighted by atomic mass is 10.1. The highest BCUT2D eigenvalue weighted by Gasteiger charge is 2.20. The average molecular weight is 407 g/mol. The van der Waals surface area contributed by atoms with Crippen LogP contribution in [0.25, 0.3) is 0 Å². The summed E-state index contributed by atoms with van der Waals surface area (Å²) < 4.78 is 14.5. The standard InChI is InChI=1S/C20H30FN5O3/c1-14(27)23-8-4-3-5-18(24-15(2)28)20(29)25-16-6-7-19(17(21)13-16)26-11-9-22-10-12-26/h6-7,13,18,22H,3-5,8-12H2,1-2H3,(H,23,27)(H,24,28)(H,25,29)/t18-/m0/s1. The summed E-state index contributed by atoms with van der Waals surface area (Å²) in [5.74, 6) is -1.20. The van der Waals surface area contributed by atoms with Crippen LogP contribution in [0.15, 0.2) is 18.2 Å². The van der Waals surface area contributed by atoms with Gasteiger partial charge in [0.15, 0.2) is 0 Å². The van der Waals surface area contributed by atoms with Gasteiger partial charge in [0.25, 0.3) is 0 Å². The van der Waals surface area contributed by atoms with E-state index in [0.717, 1.165) is 26.2 Å². The van der Waals surface area contributed by atoms with Gasteiger partial charge in [-0.25, -0.2) is 4.39 Å². The molecule has 1 fully saturated rings. The van der Waals surface area contributed by atoms with Crippen molar-refractivity contribution in [3.63, 3.8) is 0 Å². The summed E-state index contributed by atoms with van der Waals surface area (Å²) in [7, 11) is 0. The van der Waals surface area contributed by atoms with Gasteiger partial charge in [-0.2, -0.15) is 0 Å². The normalized spacial score (nSPS) is 14.8. The molecule has 1 aliphatic rings. The fourth-order valence-corrected chi connectivity index (χ4v) is 3.23. The summed E-state index contributed by atoms with van der Waals surface area (Å²) in [6, 6.07) is 3.91. The van der Waals surface area contributed by atoms with Gasteiger partial charge in [-0.3, -0.25) is 14.4 Å². The molecule has 9 heteroatoms. The van der Waals surface area contributed by atoms with Crippen LogP contribution in [0.4, 0.5) is 15.8 Å². The van der Waals surface area contributed by atoms with E-state index in [-0.39, 0.29) is 11.8 Å². The summed E-state index contributed by atoms with van der Waals surface area (Å²) in [6.45, 7) is 6.37. The molecular weight excluding hydrogens is 377 g/mol. The molecule has 0 aliphatic carbocycles. The van der Waals surface area contributed by atoms with Crippen molar-refractivity contribution in [2.75, 3.05) is 42.9 Å². The van der Waals surface area contributed by atoms with Gasteiger partial charge in [-0.1, -0.05) is 0 Å².